The Labute approximate surface area is 200 Å². The molecule has 6 rings (SSSR count). The Hall–Kier alpha value is -4.67. The quantitative estimate of drug-likeness (QED) is 0.468. The molecule has 3 N–H and O–H groups in total. The van der Waals surface area contributed by atoms with Gasteiger partial charge in [0.1, 0.15) is 41.2 Å². The van der Waals surface area contributed by atoms with E-state index in [0.717, 1.165) is 11.3 Å². The highest BCUT2D eigenvalue weighted by Gasteiger charge is 2.42. The number of rotatable bonds is 4. The lowest BCUT2D eigenvalue weighted by molar-refractivity contribution is 0.100. The van der Waals surface area contributed by atoms with Gasteiger partial charge in [0.05, 0.1) is 6.04 Å². The van der Waals surface area contributed by atoms with Crippen molar-refractivity contribution < 1.29 is 14.3 Å². The predicted molar refractivity (Wildman–Crippen MR) is 126 cm³/mol. The number of para-hydroxylation sites is 1. The molecule has 2 aromatic carbocycles. The Morgan fingerprint density at radius 2 is 1.80 bits per heavy atom. The van der Waals surface area contributed by atoms with Gasteiger partial charge in [0.15, 0.2) is 0 Å². The lowest BCUT2D eigenvalue weighted by Gasteiger charge is -2.27. The Kier molecular flexibility index (Phi) is 4.94. The summed E-state index contributed by atoms with van der Waals surface area (Å²) in [6.45, 7) is 1.59. The molecule has 176 valence electrons. The third-order valence-corrected chi connectivity index (χ3v) is 6.40. The minimum absolute atomic E-state index is 0.0914. The number of carbonyl (C=O) groups is 2. The number of ether oxygens (including phenoxy) is 1. The molecule has 11 nitrogen and oxygen atoms in total. The van der Waals surface area contributed by atoms with Gasteiger partial charge >= 0.3 is 6.03 Å². The van der Waals surface area contributed by atoms with E-state index >= 15 is 0 Å². The highest BCUT2D eigenvalue weighted by atomic mass is 16.5. The van der Waals surface area contributed by atoms with Crippen LogP contribution in [-0.4, -0.2) is 61.0 Å². The standard InChI is InChI=1S/C24H22N8O3/c25-22(33)20-21(15-6-8-18(9-7-15)35-17-4-2-1-3-5-17)29-32-19-12-30(11-16(19)10-27-23(20)32)24(34)31-14-26-13-28-31/h1-9,13-14,16,19,27H,10-12H2,(H2,25,33). The fourth-order valence-corrected chi connectivity index (χ4v) is 4.75. The number of aromatic nitrogens is 5. The largest absolute Gasteiger partial charge is 0.457 e. The van der Waals surface area contributed by atoms with Crippen molar-refractivity contribution in [1.29, 1.82) is 0 Å². The molecule has 0 saturated carbocycles. The molecule has 2 atom stereocenters. The van der Waals surface area contributed by atoms with E-state index in [1.54, 1.807) is 9.58 Å². The lowest BCUT2D eigenvalue weighted by atomic mass is 10.0. The van der Waals surface area contributed by atoms with Crippen LogP contribution < -0.4 is 15.8 Å². The van der Waals surface area contributed by atoms with Crippen molar-refractivity contribution in [2.24, 2.45) is 11.7 Å². The molecule has 0 bridgehead atoms. The van der Waals surface area contributed by atoms with Crippen molar-refractivity contribution in [3.63, 3.8) is 0 Å². The molecule has 1 saturated heterocycles. The summed E-state index contributed by atoms with van der Waals surface area (Å²) in [5.41, 5.74) is 7.36. The van der Waals surface area contributed by atoms with Gasteiger partial charge in [0.25, 0.3) is 5.91 Å². The van der Waals surface area contributed by atoms with Crippen LogP contribution in [0.15, 0.2) is 67.3 Å². The highest BCUT2D eigenvalue weighted by molar-refractivity contribution is 6.04. The monoisotopic (exact) mass is 470 g/mol. The fraction of sp³-hybridized carbons (Fsp3) is 0.208. The molecule has 2 aromatic heterocycles. The van der Waals surface area contributed by atoms with Gasteiger partial charge < -0.3 is 20.7 Å². The van der Waals surface area contributed by atoms with Gasteiger partial charge in [-0.3, -0.25) is 4.79 Å². The van der Waals surface area contributed by atoms with Crippen molar-refractivity contribution in [3.05, 3.63) is 72.8 Å². The summed E-state index contributed by atoms with van der Waals surface area (Å²) in [7, 11) is 0. The number of benzene rings is 2. The summed E-state index contributed by atoms with van der Waals surface area (Å²) in [4.78, 5) is 30.8. The Balaban J connectivity index is 1.30. The second-order valence-corrected chi connectivity index (χ2v) is 8.56. The number of nitrogens with zero attached hydrogens (tertiary/aromatic N) is 6. The molecule has 2 aliphatic rings. The highest BCUT2D eigenvalue weighted by Crippen LogP contribution is 2.39. The molecule has 11 heteroatoms. The second-order valence-electron chi connectivity index (χ2n) is 8.56. The van der Waals surface area contributed by atoms with Gasteiger partial charge in [0, 0.05) is 31.1 Å². The summed E-state index contributed by atoms with van der Waals surface area (Å²) in [6.07, 6.45) is 2.71. The third-order valence-electron chi connectivity index (χ3n) is 6.40. The first-order valence-corrected chi connectivity index (χ1v) is 11.2. The van der Waals surface area contributed by atoms with E-state index in [1.807, 2.05) is 54.6 Å². The summed E-state index contributed by atoms with van der Waals surface area (Å²) in [5, 5.41) is 12.1. The van der Waals surface area contributed by atoms with Crippen molar-refractivity contribution >= 4 is 17.8 Å². The van der Waals surface area contributed by atoms with Crippen LogP contribution in [0.2, 0.25) is 0 Å². The van der Waals surface area contributed by atoms with E-state index in [2.05, 4.69) is 15.4 Å². The lowest BCUT2D eigenvalue weighted by Crippen LogP contribution is -2.33. The number of likely N-dealkylation sites (tertiary alicyclic amines) is 1. The number of fused-ring (bicyclic) bond motifs is 3. The van der Waals surface area contributed by atoms with Crippen LogP contribution in [0.4, 0.5) is 10.6 Å². The third kappa shape index (κ3) is 3.66. The summed E-state index contributed by atoms with van der Waals surface area (Å²) < 4.78 is 8.89. The zero-order chi connectivity index (χ0) is 23.9. The van der Waals surface area contributed by atoms with Gasteiger partial charge in [-0.15, -0.1) is 0 Å². The summed E-state index contributed by atoms with van der Waals surface area (Å²) in [6, 6.07) is 16.5. The molecule has 2 aliphatic heterocycles. The minimum Gasteiger partial charge on any atom is -0.457 e. The van der Waals surface area contributed by atoms with Gasteiger partial charge in [-0.1, -0.05) is 18.2 Å². The van der Waals surface area contributed by atoms with E-state index in [4.69, 9.17) is 15.6 Å². The van der Waals surface area contributed by atoms with Gasteiger partial charge in [-0.05, 0) is 36.4 Å². The molecular weight excluding hydrogens is 448 g/mol. The number of amides is 2. The molecule has 2 amide bonds. The predicted octanol–water partition coefficient (Wildman–Crippen LogP) is 2.60. The van der Waals surface area contributed by atoms with Crippen LogP contribution in [-0.2, 0) is 0 Å². The second kappa shape index (κ2) is 8.28. The number of hydrogen-bond acceptors (Lipinski definition) is 7. The maximum absolute atomic E-state index is 12.8. The number of primary amides is 1. The average molecular weight is 470 g/mol. The van der Waals surface area contributed by atoms with Crippen LogP contribution in [0, 0.1) is 5.92 Å². The van der Waals surface area contributed by atoms with Gasteiger partial charge in [0.2, 0.25) is 0 Å². The van der Waals surface area contributed by atoms with Crippen LogP contribution in [0.3, 0.4) is 0 Å². The maximum atomic E-state index is 12.8. The van der Waals surface area contributed by atoms with Crippen molar-refractivity contribution in [2.45, 2.75) is 6.04 Å². The van der Waals surface area contributed by atoms with Crippen LogP contribution in [0.1, 0.15) is 16.4 Å². The van der Waals surface area contributed by atoms with E-state index in [1.165, 1.54) is 17.3 Å². The number of anilines is 1. The number of hydrogen-bond donors (Lipinski definition) is 2. The first-order chi connectivity index (χ1) is 17.1. The van der Waals surface area contributed by atoms with Gasteiger partial charge in [-0.25, -0.2) is 14.5 Å². The number of nitrogens with two attached hydrogens (primary N) is 1. The average Bonchev–Trinajstić information content (AvgIpc) is 3.62. The first-order valence-electron chi connectivity index (χ1n) is 11.2. The van der Waals surface area contributed by atoms with Gasteiger partial charge in [-0.2, -0.15) is 14.9 Å². The maximum Gasteiger partial charge on any atom is 0.346 e. The Morgan fingerprint density at radius 3 is 2.51 bits per heavy atom. The normalized spacial score (nSPS) is 18.5. The van der Waals surface area contributed by atoms with E-state index in [9.17, 15) is 9.59 Å². The molecule has 4 heterocycles. The van der Waals surface area contributed by atoms with Crippen LogP contribution in [0.5, 0.6) is 11.5 Å². The Morgan fingerprint density at radius 1 is 1.03 bits per heavy atom. The smallest absolute Gasteiger partial charge is 0.346 e. The zero-order valence-corrected chi connectivity index (χ0v) is 18.6. The molecule has 35 heavy (non-hydrogen) atoms. The molecule has 0 spiro atoms. The Bertz CT molecular complexity index is 1380. The molecular formula is C24H22N8O3. The SMILES string of the molecule is NC(=O)c1c(-c2ccc(Oc3ccccc3)cc2)nn2c1NCC1CN(C(=O)n3cncn3)CC12. The number of nitrogens with one attached hydrogen (secondary N) is 1. The van der Waals surface area contributed by atoms with Crippen molar-refractivity contribution in [2.75, 3.05) is 25.0 Å². The fourth-order valence-electron chi connectivity index (χ4n) is 4.75. The topological polar surface area (TPSA) is 133 Å². The van der Waals surface area contributed by atoms with Crippen LogP contribution >= 0.6 is 0 Å². The molecule has 1 fully saturated rings. The first kappa shape index (κ1) is 20.9. The molecule has 4 aromatic rings. The zero-order valence-electron chi connectivity index (χ0n) is 18.6. The van der Waals surface area contributed by atoms with Crippen LogP contribution in [0.25, 0.3) is 11.3 Å². The van der Waals surface area contributed by atoms with E-state index < -0.39 is 5.91 Å². The number of carbonyl (C=O) groups excluding carboxylic acids is 2. The van der Waals surface area contributed by atoms with E-state index in [0.29, 0.717) is 42.5 Å². The molecule has 2 unspecified atom stereocenters. The summed E-state index contributed by atoms with van der Waals surface area (Å²) >= 11 is 0. The van der Waals surface area contributed by atoms with Crippen molar-refractivity contribution in [3.8, 4) is 22.8 Å². The van der Waals surface area contributed by atoms with Crippen molar-refractivity contribution in [1.82, 2.24) is 29.4 Å². The molecule has 0 radical (unpaired) electrons. The minimum atomic E-state index is -0.564. The van der Waals surface area contributed by atoms with E-state index in [-0.39, 0.29) is 18.0 Å². The summed E-state index contributed by atoms with van der Waals surface area (Å²) in [5.74, 6) is 1.54. The molecule has 0 aliphatic carbocycles.